The molecule has 2 rings (SSSR count). The summed E-state index contributed by atoms with van der Waals surface area (Å²) in [5.41, 5.74) is 2.02. The van der Waals surface area contributed by atoms with Gasteiger partial charge >= 0.3 is 0 Å². The molecule has 1 aromatic carbocycles. The van der Waals surface area contributed by atoms with Crippen molar-refractivity contribution in [3.63, 3.8) is 0 Å². The maximum Gasteiger partial charge on any atom is 0.293 e. The Labute approximate surface area is 123 Å². The monoisotopic (exact) mass is 287 g/mol. The molecule has 4 heteroatoms. The molecular weight excluding hydrogens is 270 g/mol. The number of imide groups is 1. The molecule has 104 valence electrons. The van der Waals surface area contributed by atoms with Crippen molar-refractivity contribution in [1.82, 2.24) is 4.90 Å². The first-order valence-electron chi connectivity index (χ1n) is 6.49. The maximum atomic E-state index is 12.1. The molecule has 0 aliphatic carbocycles. The Morgan fingerprint density at radius 1 is 1.20 bits per heavy atom. The van der Waals surface area contributed by atoms with Gasteiger partial charge in [-0.1, -0.05) is 36.4 Å². The number of amides is 2. The zero-order chi connectivity index (χ0) is 14.7. The highest BCUT2D eigenvalue weighted by molar-refractivity contribution is 8.18. The first-order valence-corrected chi connectivity index (χ1v) is 7.31. The molecule has 1 saturated heterocycles. The molecule has 0 radical (unpaired) electrons. The Morgan fingerprint density at radius 3 is 2.40 bits per heavy atom. The fraction of sp³-hybridized carbons (Fsp3) is 0.250. The zero-order valence-corrected chi connectivity index (χ0v) is 12.6. The van der Waals surface area contributed by atoms with Crippen LogP contribution in [0.25, 0.3) is 6.08 Å². The van der Waals surface area contributed by atoms with Crippen LogP contribution in [0, 0.1) is 0 Å². The van der Waals surface area contributed by atoms with Crippen LogP contribution in [0.2, 0.25) is 0 Å². The van der Waals surface area contributed by atoms with Gasteiger partial charge in [-0.3, -0.25) is 14.5 Å². The van der Waals surface area contributed by atoms with Crippen molar-refractivity contribution in [2.24, 2.45) is 0 Å². The molecule has 0 N–H and O–H groups in total. The maximum absolute atomic E-state index is 12.1. The van der Waals surface area contributed by atoms with Crippen LogP contribution in [0.5, 0.6) is 0 Å². The third-order valence-electron chi connectivity index (χ3n) is 2.89. The summed E-state index contributed by atoms with van der Waals surface area (Å²) in [6, 6.07) is 9.78. The summed E-state index contributed by atoms with van der Waals surface area (Å²) in [6.07, 6.45) is 3.77. The van der Waals surface area contributed by atoms with Gasteiger partial charge < -0.3 is 0 Å². The molecule has 0 unspecified atom stereocenters. The molecule has 1 heterocycles. The molecule has 3 nitrogen and oxygen atoms in total. The lowest BCUT2D eigenvalue weighted by Crippen LogP contribution is -2.34. The van der Waals surface area contributed by atoms with Crippen molar-refractivity contribution in [2.75, 3.05) is 0 Å². The predicted octanol–water partition coefficient (Wildman–Crippen LogP) is 4.08. The summed E-state index contributed by atoms with van der Waals surface area (Å²) in [5, 5.41) is -0.191. The predicted molar refractivity (Wildman–Crippen MR) is 83.1 cm³/mol. The van der Waals surface area contributed by atoms with E-state index >= 15 is 0 Å². The van der Waals surface area contributed by atoms with Gasteiger partial charge in [0.05, 0.1) is 4.91 Å². The van der Waals surface area contributed by atoms with E-state index in [1.54, 1.807) is 6.08 Å². The average molecular weight is 287 g/mol. The van der Waals surface area contributed by atoms with Gasteiger partial charge in [-0.15, -0.1) is 0 Å². The van der Waals surface area contributed by atoms with E-state index in [4.69, 9.17) is 0 Å². The third kappa shape index (κ3) is 3.20. The molecule has 1 aliphatic heterocycles. The highest BCUT2D eigenvalue weighted by Gasteiger charge is 2.36. The first-order chi connectivity index (χ1) is 9.49. The van der Waals surface area contributed by atoms with Gasteiger partial charge in [-0.2, -0.15) is 0 Å². The lowest BCUT2D eigenvalue weighted by Gasteiger charge is -2.16. The van der Waals surface area contributed by atoms with Crippen LogP contribution in [-0.2, 0) is 4.79 Å². The van der Waals surface area contributed by atoms with Crippen LogP contribution in [0.4, 0.5) is 4.79 Å². The summed E-state index contributed by atoms with van der Waals surface area (Å²) < 4.78 is 0. The van der Waals surface area contributed by atoms with Gasteiger partial charge in [0.1, 0.15) is 0 Å². The van der Waals surface area contributed by atoms with Crippen molar-refractivity contribution in [3.05, 3.63) is 52.4 Å². The SMILES string of the molecule is CC(=C\c1ccccc1)/C=C1/SC(=O)N(C(C)C)C1=O. The summed E-state index contributed by atoms with van der Waals surface area (Å²) in [5.74, 6) is -0.198. The number of carbonyl (C=O) groups excluding carboxylic acids is 2. The van der Waals surface area contributed by atoms with Gasteiger partial charge in [0.25, 0.3) is 11.1 Å². The Balaban J connectivity index is 2.22. The Hall–Kier alpha value is -1.81. The van der Waals surface area contributed by atoms with E-state index in [1.165, 1.54) is 4.90 Å². The van der Waals surface area contributed by atoms with E-state index in [1.807, 2.05) is 57.2 Å². The second-order valence-electron chi connectivity index (χ2n) is 4.94. The van der Waals surface area contributed by atoms with Crippen LogP contribution in [0.1, 0.15) is 26.3 Å². The number of carbonyl (C=O) groups is 2. The minimum absolute atomic E-state index is 0.105. The van der Waals surface area contributed by atoms with Crippen molar-refractivity contribution in [2.45, 2.75) is 26.8 Å². The molecule has 1 fully saturated rings. The molecule has 0 spiro atoms. The van der Waals surface area contributed by atoms with Crippen LogP contribution in [0.3, 0.4) is 0 Å². The average Bonchev–Trinajstić information content (AvgIpc) is 2.65. The minimum Gasteiger partial charge on any atom is -0.268 e. The highest BCUT2D eigenvalue weighted by Crippen LogP contribution is 2.32. The number of hydrogen-bond donors (Lipinski definition) is 0. The largest absolute Gasteiger partial charge is 0.293 e. The third-order valence-corrected chi connectivity index (χ3v) is 3.78. The fourth-order valence-corrected chi connectivity index (χ4v) is 3.00. The zero-order valence-electron chi connectivity index (χ0n) is 11.8. The Kier molecular flexibility index (Phi) is 4.45. The number of allylic oxidation sites excluding steroid dienone is 2. The van der Waals surface area contributed by atoms with Crippen molar-refractivity contribution < 1.29 is 9.59 Å². The molecule has 1 aliphatic rings. The molecule has 1 aromatic rings. The molecule has 20 heavy (non-hydrogen) atoms. The van der Waals surface area contributed by atoms with Gasteiger partial charge in [-0.25, -0.2) is 0 Å². The second-order valence-corrected chi connectivity index (χ2v) is 5.94. The number of rotatable bonds is 3. The molecule has 2 amide bonds. The minimum atomic E-state index is -0.198. The van der Waals surface area contributed by atoms with Crippen molar-refractivity contribution in [1.29, 1.82) is 0 Å². The summed E-state index contributed by atoms with van der Waals surface area (Å²) >= 11 is 1.01. The lowest BCUT2D eigenvalue weighted by molar-refractivity contribution is -0.123. The van der Waals surface area contributed by atoms with Crippen LogP contribution >= 0.6 is 11.8 Å². The van der Waals surface area contributed by atoms with E-state index < -0.39 is 0 Å². The van der Waals surface area contributed by atoms with E-state index in [9.17, 15) is 9.59 Å². The summed E-state index contributed by atoms with van der Waals surface area (Å²) in [4.78, 5) is 25.7. The van der Waals surface area contributed by atoms with Crippen LogP contribution < -0.4 is 0 Å². The van der Waals surface area contributed by atoms with Gasteiger partial charge in [-0.05, 0) is 49.7 Å². The number of thioether (sulfide) groups is 1. The Bertz CT molecular complexity index is 588. The van der Waals surface area contributed by atoms with Crippen molar-refractivity contribution >= 4 is 29.0 Å². The second kappa shape index (κ2) is 6.09. The quantitative estimate of drug-likeness (QED) is 0.786. The molecule has 0 saturated carbocycles. The topological polar surface area (TPSA) is 37.4 Å². The van der Waals surface area contributed by atoms with Crippen LogP contribution in [-0.4, -0.2) is 22.1 Å². The van der Waals surface area contributed by atoms with Crippen molar-refractivity contribution in [3.8, 4) is 0 Å². The van der Waals surface area contributed by atoms with Gasteiger partial charge in [0, 0.05) is 6.04 Å². The standard InChI is InChI=1S/C16H17NO2S/c1-11(2)17-15(18)14(20-16(17)19)10-12(3)9-13-7-5-4-6-8-13/h4-11H,1-3H3/b12-9+,14-10+. The van der Waals surface area contributed by atoms with Gasteiger partial charge in [0.15, 0.2) is 0 Å². The Morgan fingerprint density at radius 2 is 1.85 bits per heavy atom. The highest BCUT2D eigenvalue weighted by atomic mass is 32.2. The van der Waals surface area contributed by atoms with E-state index in [0.717, 1.165) is 22.9 Å². The number of benzene rings is 1. The fourth-order valence-electron chi connectivity index (χ4n) is 1.99. The lowest BCUT2D eigenvalue weighted by atomic mass is 10.1. The normalized spacial score (nSPS) is 18.5. The first kappa shape index (κ1) is 14.6. The molecular formula is C16H17NO2S. The smallest absolute Gasteiger partial charge is 0.268 e. The number of nitrogens with zero attached hydrogens (tertiary/aromatic N) is 1. The summed E-state index contributed by atoms with van der Waals surface area (Å²) in [7, 11) is 0. The summed E-state index contributed by atoms with van der Waals surface area (Å²) in [6.45, 7) is 5.61. The molecule has 0 bridgehead atoms. The van der Waals surface area contributed by atoms with E-state index in [-0.39, 0.29) is 17.2 Å². The van der Waals surface area contributed by atoms with Gasteiger partial charge in [0.2, 0.25) is 0 Å². The van der Waals surface area contributed by atoms with Crippen LogP contribution in [0.15, 0.2) is 46.9 Å². The molecule has 0 aromatic heterocycles. The number of hydrogen-bond acceptors (Lipinski definition) is 3. The van der Waals surface area contributed by atoms with E-state index in [2.05, 4.69) is 0 Å². The molecule has 0 atom stereocenters. The van der Waals surface area contributed by atoms with E-state index in [0.29, 0.717) is 4.91 Å².